The molecule has 0 fully saturated rings. The van der Waals surface area contributed by atoms with Gasteiger partial charge in [-0.3, -0.25) is 4.68 Å². The van der Waals surface area contributed by atoms with Gasteiger partial charge in [0.05, 0.1) is 5.56 Å². The van der Waals surface area contributed by atoms with E-state index in [0.29, 0.717) is 5.15 Å². The zero-order chi connectivity index (χ0) is 11.7. The molecule has 0 saturated carbocycles. The lowest BCUT2D eigenvalue weighted by Gasteiger charge is -1.92. The van der Waals surface area contributed by atoms with Crippen molar-refractivity contribution in [2.24, 2.45) is 7.05 Å². The Morgan fingerprint density at radius 1 is 1.56 bits per heavy atom. The first-order valence-corrected chi connectivity index (χ1v) is 6.50. The standard InChI is InChI=1S/C10H12ClIN4/c1-3-16-6-7(9(11)13-16)4-8-5-15(2)14-10(8)12/h5-6H,3-4H2,1-2H3/p+1. The number of aromatic amines is 1. The Kier molecular flexibility index (Phi) is 3.53. The first-order chi connectivity index (χ1) is 7.60. The lowest BCUT2D eigenvalue weighted by Crippen LogP contribution is -2.33. The molecule has 0 unspecified atom stereocenters. The van der Waals surface area contributed by atoms with Crippen LogP contribution in [0, 0.1) is 3.70 Å². The normalized spacial score (nSPS) is 11.0. The molecular formula is C10H13ClIN4+. The molecule has 6 heteroatoms. The largest absolute Gasteiger partial charge is 0.274 e. The second kappa shape index (κ2) is 4.75. The van der Waals surface area contributed by atoms with E-state index in [9.17, 15) is 0 Å². The molecule has 0 bridgehead atoms. The van der Waals surface area contributed by atoms with Gasteiger partial charge in [0, 0.05) is 25.2 Å². The van der Waals surface area contributed by atoms with Crippen LogP contribution in [0.15, 0.2) is 12.4 Å². The summed E-state index contributed by atoms with van der Waals surface area (Å²) in [5.41, 5.74) is 2.31. The minimum Gasteiger partial charge on any atom is -0.274 e. The summed E-state index contributed by atoms with van der Waals surface area (Å²) in [4.78, 5) is 0. The quantitative estimate of drug-likeness (QED) is 0.666. The molecule has 16 heavy (non-hydrogen) atoms. The average molecular weight is 352 g/mol. The third kappa shape index (κ3) is 2.40. The van der Waals surface area contributed by atoms with Crippen molar-refractivity contribution in [3.05, 3.63) is 32.4 Å². The zero-order valence-electron chi connectivity index (χ0n) is 9.17. The Bertz CT molecular complexity index is 503. The van der Waals surface area contributed by atoms with E-state index in [1.54, 1.807) is 0 Å². The SMILES string of the molecule is CC[n+]1cc(Cc2cn(C)nc2I)c(Cl)[nH]1. The van der Waals surface area contributed by atoms with Crippen molar-refractivity contribution in [2.45, 2.75) is 19.9 Å². The minimum absolute atomic E-state index is 0.710. The Labute approximate surface area is 113 Å². The van der Waals surface area contributed by atoms with Crippen molar-refractivity contribution in [1.82, 2.24) is 14.9 Å². The van der Waals surface area contributed by atoms with E-state index >= 15 is 0 Å². The third-order valence-electron chi connectivity index (χ3n) is 2.41. The highest BCUT2D eigenvalue weighted by Gasteiger charge is 2.14. The Morgan fingerprint density at radius 3 is 2.81 bits per heavy atom. The number of aryl methyl sites for hydroxylation is 2. The van der Waals surface area contributed by atoms with Crippen LogP contribution in [-0.2, 0) is 20.0 Å². The van der Waals surface area contributed by atoms with Crippen molar-refractivity contribution < 1.29 is 4.68 Å². The third-order valence-corrected chi connectivity index (χ3v) is 3.65. The molecule has 0 atom stereocenters. The van der Waals surface area contributed by atoms with Gasteiger partial charge in [0.1, 0.15) is 3.70 Å². The van der Waals surface area contributed by atoms with E-state index in [0.717, 1.165) is 22.2 Å². The van der Waals surface area contributed by atoms with Crippen LogP contribution in [0.4, 0.5) is 0 Å². The van der Waals surface area contributed by atoms with Crippen LogP contribution in [-0.4, -0.2) is 14.9 Å². The summed E-state index contributed by atoms with van der Waals surface area (Å²) in [5.74, 6) is 0. The molecule has 0 aliphatic rings. The van der Waals surface area contributed by atoms with Gasteiger partial charge in [0.2, 0.25) is 6.20 Å². The van der Waals surface area contributed by atoms with E-state index in [1.807, 2.05) is 28.8 Å². The molecule has 0 aliphatic carbocycles. The van der Waals surface area contributed by atoms with E-state index in [2.05, 4.69) is 39.7 Å². The molecule has 0 aliphatic heterocycles. The Hall–Kier alpha value is -0.560. The Balaban J connectivity index is 2.26. The summed E-state index contributed by atoms with van der Waals surface area (Å²) in [6.45, 7) is 2.97. The second-order valence-corrected chi connectivity index (χ2v) is 5.06. The number of aromatic nitrogens is 4. The summed E-state index contributed by atoms with van der Waals surface area (Å²) in [6, 6.07) is 0. The molecule has 86 valence electrons. The molecule has 0 aromatic carbocycles. The van der Waals surface area contributed by atoms with Gasteiger partial charge in [-0.2, -0.15) is 10.2 Å². The number of nitrogens with zero attached hydrogens (tertiary/aromatic N) is 3. The molecule has 0 saturated heterocycles. The maximum absolute atomic E-state index is 6.13. The number of halogens is 2. The predicted octanol–water partition coefficient (Wildman–Crippen LogP) is 1.90. The molecular weight excluding hydrogens is 338 g/mol. The topological polar surface area (TPSA) is 37.5 Å². The van der Waals surface area contributed by atoms with Crippen molar-refractivity contribution in [2.75, 3.05) is 0 Å². The van der Waals surface area contributed by atoms with Gasteiger partial charge in [0.25, 0.3) is 0 Å². The smallest absolute Gasteiger partial charge is 0.200 e. The van der Waals surface area contributed by atoms with Crippen LogP contribution >= 0.6 is 34.2 Å². The van der Waals surface area contributed by atoms with Crippen LogP contribution in [0.2, 0.25) is 5.15 Å². The molecule has 2 heterocycles. The molecule has 2 aromatic rings. The maximum atomic E-state index is 6.13. The highest BCUT2D eigenvalue weighted by molar-refractivity contribution is 14.1. The number of nitrogens with one attached hydrogen (secondary N) is 1. The summed E-state index contributed by atoms with van der Waals surface area (Å²) in [5, 5.41) is 8.11. The summed E-state index contributed by atoms with van der Waals surface area (Å²) in [6.07, 6.45) is 4.89. The van der Waals surface area contributed by atoms with Gasteiger partial charge in [-0.15, -0.1) is 4.68 Å². The number of H-pyrrole nitrogens is 1. The molecule has 2 rings (SSSR count). The zero-order valence-corrected chi connectivity index (χ0v) is 12.1. The fourth-order valence-corrected chi connectivity index (χ4v) is 2.50. The van der Waals surface area contributed by atoms with Gasteiger partial charge in [-0.05, 0) is 29.5 Å². The van der Waals surface area contributed by atoms with E-state index in [-0.39, 0.29) is 0 Å². The van der Waals surface area contributed by atoms with Crippen LogP contribution in [0.5, 0.6) is 0 Å². The van der Waals surface area contributed by atoms with Crippen molar-refractivity contribution in [3.63, 3.8) is 0 Å². The second-order valence-electron chi connectivity index (χ2n) is 3.66. The molecule has 0 spiro atoms. The summed E-state index contributed by atoms with van der Waals surface area (Å²) < 4.78 is 4.83. The molecule has 0 amide bonds. The van der Waals surface area contributed by atoms with Gasteiger partial charge in [-0.25, -0.2) is 0 Å². The molecule has 4 nitrogen and oxygen atoms in total. The van der Waals surface area contributed by atoms with Crippen LogP contribution in [0.1, 0.15) is 18.1 Å². The molecule has 2 aromatic heterocycles. The summed E-state index contributed by atoms with van der Waals surface area (Å²) in [7, 11) is 1.93. The van der Waals surface area contributed by atoms with E-state index < -0.39 is 0 Å². The summed E-state index contributed by atoms with van der Waals surface area (Å²) >= 11 is 8.37. The highest BCUT2D eigenvalue weighted by Crippen LogP contribution is 2.18. The first-order valence-electron chi connectivity index (χ1n) is 5.05. The lowest BCUT2D eigenvalue weighted by molar-refractivity contribution is -0.747. The van der Waals surface area contributed by atoms with Crippen molar-refractivity contribution in [1.29, 1.82) is 0 Å². The Morgan fingerprint density at radius 2 is 2.31 bits per heavy atom. The number of rotatable bonds is 3. The van der Waals surface area contributed by atoms with Crippen LogP contribution in [0.3, 0.4) is 0 Å². The van der Waals surface area contributed by atoms with E-state index in [1.165, 1.54) is 5.56 Å². The van der Waals surface area contributed by atoms with Crippen LogP contribution < -0.4 is 4.68 Å². The fourth-order valence-electron chi connectivity index (χ4n) is 1.60. The first kappa shape index (κ1) is 11.9. The minimum atomic E-state index is 0.710. The van der Waals surface area contributed by atoms with Gasteiger partial charge in [-0.1, -0.05) is 11.6 Å². The van der Waals surface area contributed by atoms with Gasteiger partial charge < -0.3 is 0 Å². The van der Waals surface area contributed by atoms with Crippen molar-refractivity contribution in [3.8, 4) is 0 Å². The maximum Gasteiger partial charge on any atom is 0.200 e. The lowest BCUT2D eigenvalue weighted by atomic mass is 10.2. The number of hydrogen-bond donors (Lipinski definition) is 1. The van der Waals surface area contributed by atoms with E-state index in [4.69, 9.17) is 11.6 Å². The number of hydrogen-bond acceptors (Lipinski definition) is 1. The average Bonchev–Trinajstić information content (AvgIpc) is 2.72. The fraction of sp³-hybridized carbons (Fsp3) is 0.400. The highest BCUT2D eigenvalue weighted by atomic mass is 127. The van der Waals surface area contributed by atoms with Crippen LogP contribution in [0.25, 0.3) is 0 Å². The van der Waals surface area contributed by atoms with Gasteiger partial charge >= 0.3 is 0 Å². The van der Waals surface area contributed by atoms with Crippen molar-refractivity contribution >= 4 is 34.2 Å². The monoisotopic (exact) mass is 351 g/mol. The van der Waals surface area contributed by atoms with Gasteiger partial charge in [0.15, 0.2) is 11.7 Å². The molecule has 0 radical (unpaired) electrons. The molecule has 1 N–H and O–H groups in total. The predicted molar refractivity (Wildman–Crippen MR) is 70.4 cm³/mol.